The Morgan fingerprint density at radius 3 is 2.76 bits per heavy atom. The Hall–Kier alpha value is -2.70. The van der Waals surface area contributed by atoms with Gasteiger partial charge in [-0.1, -0.05) is 0 Å². The van der Waals surface area contributed by atoms with Gasteiger partial charge in [0.25, 0.3) is 5.91 Å². The van der Waals surface area contributed by atoms with Crippen molar-refractivity contribution in [1.82, 2.24) is 20.1 Å². The van der Waals surface area contributed by atoms with Gasteiger partial charge >= 0.3 is 5.97 Å². The molecule has 1 amide bonds. The predicted octanol–water partition coefficient (Wildman–Crippen LogP) is 1.02. The minimum Gasteiger partial charge on any atom is -0.481 e. The van der Waals surface area contributed by atoms with Crippen molar-refractivity contribution in [2.45, 2.75) is 6.42 Å². The third-order valence-electron chi connectivity index (χ3n) is 3.66. The van der Waals surface area contributed by atoms with E-state index >= 15 is 0 Å². The van der Waals surface area contributed by atoms with Crippen LogP contribution in [0.4, 0.5) is 0 Å². The molecule has 2 aromatic rings. The van der Waals surface area contributed by atoms with Crippen LogP contribution in [0.2, 0.25) is 0 Å². The standard InChI is InChI=1S/C14H14N4O3/c19-13(18-6-3-10(8-18)14(20)21)11-7-16-17-12(11)9-1-4-15-5-2-9/h1-2,4-5,7,10H,3,6,8H2,(H,16,17)(H,20,21)/t10-/m0/s1. The second kappa shape index (κ2) is 5.35. The molecule has 0 unspecified atom stereocenters. The summed E-state index contributed by atoms with van der Waals surface area (Å²) in [7, 11) is 0. The molecule has 21 heavy (non-hydrogen) atoms. The van der Waals surface area contributed by atoms with Crippen LogP contribution in [-0.2, 0) is 4.79 Å². The molecule has 1 fully saturated rings. The lowest BCUT2D eigenvalue weighted by Crippen LogP contribution is -2.30. The van der Waals surface area contributed by atoms with E-state index in [9.17, 15) is 9.59 Å². The molecular formula is C14H14N4O3. The van der Waals surface area contributed by atoms with Crippen molar-refractivity contribution < 1.29 is 14.7 Å². The summed E-state index contributed by atoms with van der Waals surface area (Å²) in [6, 6.07) is 3.57. The highest BCUT2D eigenvalue weighted by atomic mass is 16.4. The van der Waals surface area contributed by atoms with Crippen LogP contribution in [0.1, 0.15) is 16.8 Å². The van der Waals surface area contributed by atoms with Gasteiger partial charge in [0.05, 0.1) is 23.4 Å². The summed E-state index contributed by atoms with van der Waals surface area (Å²) >= 11 is 0. The predicted molar refractivity (Wildman–Crippen MR) is 73.5 cm³/mol. The van der Waals surface area contributed by atoms with Crippen LogP contribution in [0.3, 0.4) is 0 Å². The Labute approximate surface area is 120 Å². The number of hydrogen-bond acceptors (Lipinski definition) is 4. The summed E-state index contributed by atoms with van der Waals surface area (Å²) in [5.74, 6) is -1.53. The molecule has 3 heterocycles. The van der Waals surface area contributed by atoms with Crippen LogP contribution >= 0.6 is 0 Å². The van der Waals surface area contributed by atoms with Crippen molar-refractivity contribution in [3.63, 3.8) is 0 Å². The first-order valence-corrected chi connectivity index (χ1v) is 6.62. The van der Waals surface area contributed by atoms with E-state index < -0.39 is 11.9 Å². The molecule has 3 rings (SSSR count). The summed E-state index contributed by atoms with van der Waals surface area (Å²) < 4.78 is 0. The first kappa shape index (κ1) is 13.3. The van der Waals surface area contributed by atoms with Crippen molar-refractivity contribution in [1.29, 1.82) is 0 Å². The molecule has 2 aromatic heterocycles. The number of nitrogens with zero attached hydrogens (tertiary/aromatic N) is 3. The Bertz CT molecular complexity index is 668. The maximum atomic E-state index is 12.5. The van der Waals surface area contributed by atoms with E-state index in [2.05, 4.69) is 15.2 Å². The van der Waals surface area contributed by atoms with Gasteiger partial charge < -0.3 is 10.0 Å². The summed E-state index contributed by atoms with van der Waals surface area (Å²) in [5.41, 5.74) is 1.90. The SMILES string of the molecule is O=C(O)[C@H]1CCN(C(=O)c2cn[nH]c2-c2ccncc2)C1. The molecule has 1 aliphatic rings. The van der Waals surface area contributed by atoms with E-state index in [1.54, 1.807) is 29.4 Å². The quantitative estimate of drug-likeness (QED) is 0.877. The second-order valence-electron chi connectivity index (χ2n) is 4.97. The molecule has 0 spiro atoms. The van der Waals surface area contributed by atoms with Crippen LogP contribution in [0, 0.1) is 5.92 Å². The van der Waals surface area contributed by atoms with E-state index in [1.807, 2.05) is 0 Å². The zero-order valence-electron chi connectivity index (χ0n) is 11.2. The van der Waals surface area contributed by atoms with Gasteiger partial charge in [0, 0.05) is 31.0 Å². The van der Waals surface area contributed by atoms with Gasteiger partial charge in [-0.25, -0.2) is 0 Å². The average molecular weight is 286 g/mol. The highest BCUT2D eigenvalue weighted by molar-refractivity contribution is 6.00. The molecule has 1 aliphatic heterocycles. The number of nitrogens with one attached hydrogen (secondary N) is 1. The first-order valence-electron chi connectivity index (χ1n) is 6.62. The van der Waals surface area contributed by atoms with E-state index in [0.29, 0.717) is 24.2 Å². The second-order valence-corrected chi connectivity index (χ2v) is 4.97. The Morgan fingerprint density at radius 1 is 1.33 bits per heavy atom. The van der Waals surface area contributed by atoms with Crippen molar-refractivity contribution in [3.05, 3.63) is 36.3 Å². The fourth-order valence-corrected chi connectivity index (χ4v) is 2.50. The van der Waals surface area contributed by atoms with Gasteiger partial charge in [-0.2, -0.15) is 5.10 Å². The fraction of sp³-hybridized carbons (Fsp3) is 0.286. The van der Waals surface area contributed by atoms with E-state index in [-0.39, 0.29) is 12.5 Å². The fourth-order valence-electron chi connectivity index (χ4n) is 2.50. The van der Waals surface area contributed by atoms with Crippen LogP contribution in [0.15, 0.2) is 30.7 Å². The topological polar surface area (TPSA) is 99.2 Å². The molecule has 0 radical (unpaired) electrons. The molecule has 0 bridgehead atoms. The number of aliphatic carboxylic acids is 1. The minimum absolute atomic E-state index is 0.195. The normalized spacial score (nSPS) is 17.9. The number of pyridine rings is 1. The van der Waals surface area contributed by atoms with E-state index in [4.69, 9.17) is 5.11 Å². The lowest BCUT2D eigenvalue weighted by Gasteiger charge is -2.15. The van der Waals surface area contributed by atoms with E-state index in [1.165, 1.54) is 6.20 Å². The zero-order chi connectivity index (χ0) is 14.8. The Morgan fingerprint density at radius 2 is 2.10 bits per heavy atom. The Kier molecular flexibility index (Phi) is 3.39. The van der Waals surface area contributed by atoms with Crippen LogP contribution in [-0.4, -0.2) is 50.2 Å². The summed E-state index contributed by atoms with van der Waals surface area (Å²) in [6.45, 7) is 0.700. The van der Waals surface area contributed by atoms with Crippen LogP contribution in [0.25, 0.3) is 11.3 Å². The lowest BCUT2D eigenvalue weighted by atomic mass is 10.1. The zero-order valence-corrected chi connectivity index (χ0v) is 11.2. The number of carbonyl (C=O) groups excluding carboxylic acids is 1. The molecule has 0 saturated carbocycles. The molecule has 0 aromatic carbocycles. The molecule has 0 aliphatic carbocycles. The van der Waals surface area contributed by atoms with Crippen molar-refractivity contribution >= 4 is 11.9 Å². The molecule has 2 N–H and O–H groups in total. The molecule has 1 atom stereocenters. The van der Waals surface area contributed by atoms with Gasteiger partial charge in [0.1, 0.15) is 0 Å². The summed E-state index contributed by atoms with van der Waals surface area (Å²) in [4.78, 5) is 29.0. The van der Waals surface area contributed by atoms with Gasteiger partial charge in [0.2, 0.25) is 0 Å². The van der Waals surface area contributed by atoms with Gasteiger partial charge in [-0.15, -0.1) is 0 Å². The number of hydrogen-bond donors (Lipinski definition) is 2. The highest BCUT2D eigenvalue weighted by Gasteiger charge is 2.32. The van der Waals surface area contributed by atoms with Crippen molar-refractivity contribution in [3.8, 4) is 11.3 Å². The number of carboxylic acids is 1. The molecule has 108 valence electrons. The average Bonchev–Trinajstić information content (AvgIpc) is 3.17. The number of aromatic amines is 1. The largest absolute Gasteiger partial charge is 0.481 e. The Balaban J connectivity index is 1.84. The van der Waals surface area contributed by atoms with Crippen molar-refractivity contribution in [2.24, 2.45) is 5.92 Å². The smallest absolute Gasteiger partial charge is 0.308 e. The molecule has 7 nitrogen and oxygen atoms in total. The molecule has 7 heteroatoms. The number of rotatable bonds is 3. The van der Waals surface area contributed by atoms with Crippen LogP contribution in [0.5, 0.6) is 0 Å². The maximum absolute atomic E-state index is 12.5. The minimum atomic E-state index is -0.855. The number of carbonyl (C=O) groups is 2. The lowest BCUT2D eigenvalue weighted by molar-refractivity contribution is -0.141. The molecular weight excluding hydrogens is 272 g/mol. The summed E-state index contributed by atoms with van der Waals surface area (Å²) in [6.07, 6.45) is 5.25. The van der Waals surface area contributed by atoms with Gasteiger partial charge in [-0.05, 0) is 18.6 Å². The number of likely N-dealkylation sites (tertiary alicyclic amines) is 1. The van der Waals surface area contributed by atoms with Gasteiger partial charge in [0.15, 0.2) is 0 Å². The third kappa shape index (κ3) is 2.49. The number of aromatic nitrogens is 3. The first-order chi connectivity index (χ1) is 10.2. The summed E-state index contributed by atoms with van der Waals surface area (Å²) in [5, 5.41) is 15.8. The monoisotopic (exact) mass is 286 g/mol. The molecule has 1 saturated heterocycles. The number of amides is 1. The van der Waals surface area contributed by atoms with Gasteiger partial charge in [-0.3, -0.25) is 19.7 Å². The highest BCUT2D eigenvalue weighted by Crippen LogP contribution is 2.24. The number of carboxylic acid groups (broad SMARTS) is 1. The van der Waals surface area contributed by atoms with E-state index in [0.717, 1.165) is 5.56 Å². The van der Waals surface area contributed by atoms with Crippen molar-refractivity contribution in [2.75, 3.05) is 13.1 Å². The number of H-pyrrole nitrogens is 1. The van der Waals surface area contributed by atoms with Crippen LogP contribution < -0.4 is 0 Å². The third-order valence-corrected chi connectivity index (χ3v) is 3.66. The maximum Gasteiger partial charge on any atom is 0.308 e.